The number of hydrogen-bond donors (Lipinski definition) is 1. The van der Waals surface area contributed by atoms with E-state index < -0.39 is 0 Å². The lowest BCUT2D eigenvalue weighted by molar-refractivity contribution is 0.497. The van der Waals surface area contributed by atoms with Crippen molar-refractivity contribution >= 4 is 38.9 Å². The van der Waals surface area contributed by atoms with Crippen molar-refractivity contribution in [2.24, 2.45) is 0 Å². The van der Waals surface area contributed by atoms with Gasteiger partial charge in [-0.1, -0.05) is 11.6 Å². The van der Waals surface area contributed by atoms with E-state index in [1.807, 2.05) is 27.0 Å². The van der Waals surface area contributed by atoms with E-state index in [9.17, 15) is 0 Å². The van der Waals surface area contributed by atoms with Gasteiger partial charge in [0.1, 0.15) is 11.5 Å². The zero-order chi connectivity index (χ0) is 12.6. The van der Waals surface area contributed by atoms with Crippen molar-refractivity contribution in [3.05, 3.63) is 42.9 Å². The van der Waals surface area contributed by atoms with Crippen molar-refractivity contribution in [3.8, 4) is 0 Å². The molecule has 0 spiro atoms. The SMILES string of the molecule is CNC(c1cc(Cl)c(Br)s1)c1cc(C)oc1C. The van der Waals surface area contributed by atoms with Crippen molar-refractivity contribution in [1.82, 2.24) is 5.32 Å². The summed E-state index contributed by atoms with van der Waals surface area (Å²) in [4.78, 5) is 1.17. The quantitative estimate of drug-likeness (QED) is 0.881. The zero-order valence-corrected chi connectivity index (χ0v) is 13.0. The Balaban J connectivity index is 2.43. The Kier molecular flexibility index (Phi) is 3.98. The van der Waals surface area contributed by atoms with E-state index in [2.05, 4.69) is 27.3 Å². The highest BCUT2D eigenvalue weighted by atomic mass is 79.9. The maximum absolute atomic E-state index is 6.08. The molecule has 0 fully saturated rings. The lowest BCUT2D eigenvalue weighted by Crippen LogP contribution is -2.16. The molecule has 2 aromatic rings. The molecule has 0 bridgehead atoms. The second-order valence-electron chi connectivity index (χ2n) is 3.86. The Labute approximate surface area is 118 Å². The molecule has 0 amide bonds. The number of hydrogen-bond acceptors (Lipinski definition) is 3. The minimum Gasteiger partial charge on any atom is -0.466 e. The molecule has 1 N–H and O–H groups in total. The molecule has 0 aromatic carbocycles. The van der Waals surface area contributed by atoms with Crippen molar-refractivity contribution < 1.29 is 4.42 Å². The molecule has 0 saturated heterocycles. The Morgan fingerprint density at radius 1 is 1.41 bits per heavy atom. The Morgan fingerprint density at radius 2 is 2.12 bits per heavy atom. The summed E-state index contributed by atoms with van der Waals surface area (Å²) in [6.07, 6.45) is 0. The summed E-state index contributed by atoms with van der Waals surface area (Å²) in [6, 6.07) is 4.18. The molecule has 17 heavy (non-hydrogen) atoms. The van der Waals surface area contributed by atoms with Gasteiger partial charge in [0.25, 0.3) is 0 Å². The predicted molar refractivity (Wildman–Crippen MR) is 76.1 cm³/mol. The molecule has 0 aliphatic carbocycles. The molecule has 2 rings (SSSR count). The predicted octanol–water partition coefficient (Wildman–Crippen LogP) is 4.68. The number of nitrogens with one attached hydrogen (secondary N) is 1. The van der Waals surface area contributed by atoms with Gasteiger partial charge in [-0.25, -0.2) is 0 Å². The van der Waals surface area contributed by atoms with E-state index in [-0.39, 0.29) is 6.04 Å². The van der Waals surface area contributed by atoms with Gasteiger partial charge in [-0.2, -0.15) is 0 Å². The fourth-order valence-electron chi connectivity index (χ4n) is 1.89. The van der Waals surface area contributed by atoms with E-state index in [1.165, 1.54) is 4.88 Å². The maximum Gasteiger partial charge on any atom is 0.106 e. The molecule has 5 heteroatoms. The average Bonchev–Trinajstić information content (AvgIpc) is 2.74. The summed E-state index contributed by atoms with van der Waals surface area (Å²) in [6.45, 7) is 3.94. The van der Waals surface area contributed by atoms with Crippen LogP contribution < -0.4 is 5.32 Å². The van der Waals surface area contributed by atoms with E-state index in [0.29, 0.717) is 0 Å². The van der Waals surface area contributed by atoms with Gasteiger partial charge >= 0.3 is 0 Å². The van der Waals surface area contributed by atoms with Crippen LogP contribution >= 0.6 is 38.9 Å². The second-order valence-corrected chi connectivity index (χ2v) is 6.67. The van der Waals surface area contributed by atoms with Crippen LogP contribution in [0.3, 0.4) is 0 Å². The molecule has 0 aliphatic rings. The molecular weight excluding hydrogens is 322 g/mol. The van der Waals surface area contributed by atoms with Gasteiger partial charge in [-0.15, -0.1) is 11.3 Å². The van der Waals surface area contributed by atoms with Crippen LogP contribution in [0.15, 0.2) is 20.3 Å². The number of aryl methyl sites for hydroxylation is 2. The molecule has 0 saturated carbocycles. The maximum atomic E-state index is 6.08. The summed E-state index contributed by atoms with van der Waals surface area (Å²) in [5.74, 6) is 1.88. The first-order valence-electron chi connectivity index (χ1n) is 5.22. The first kappa shape index (κ1) is 13.1. The van der Waals surface area contributed by atoms with Gasteiger partial charge in [0.2, 0.25) is 0 Å². The number of furan rings is 1. The Morgan fingerprint density at radius 3 is 2.53 bits per heavy atom. The second kappa shape index (κ2) is 5.14. The molecule has 0 radical (unpaired) electrons. The number of rotatable bonds is 3. The minimum atomic E-state index is 0.126. The summed E-state index contributed by atoms with van der Waals surface area (Å²) in [5.41, 5.74) is 1.16. The highest BCUT2D eigenvalue weighted by Crippen LogP contribution is 2.38. The van der Waals surface area contributed by atoms with Crippen molar-refractivity contribution in [1.29, 1.82) is 0 Å². The van der Waals surface area contributed by atoms with Crippen LogP contribution in [-0.4, -0.2) is 7.05 Å². The highest BCUT2D eigenvalue weighted by Gasteiger charge is 2.20. The third kappa shape index (κ3) is 2.60. The van der Waals surface area contributed by atoms with Crippen molar-refractivity contribution in [2.45, 2.75) is 19.9 Å². The lowest BCUT2D eigenvalue weighted by atomic mass is 10.1. The monoisotopic (exact) mass is 333 g/mol. The van der Waals surface area contributed by atoms with Gasteiger partial charge in [-0.05, 0) is 49.0 Å². The lowest BCUT2D eigenvalue weighted by Gasteiger charge is -2.13. The largest absolute Gasteiger partial charge is 0.466 e. The van der Waals surface area contributed by atoms with E-state index >= 15 is 0 Å². The van der Waals surface area contributed by atoms with E-state index in [0.717, 1.165) is 25.9 Å². The molecule has 1 unspecified atom stereocenters. The van der Waals surface area contributed by atoms with Crippen LogP contribution in [0.25, 0.3) is 0 Å². The molecule has 1 atom stereocenters. The van der Waals surface area contributed by atoms with Crippen LogP contribution in [0.1, 0.15) is 28.0 Å². The third-order valence-corrected chi connectivity index (χ3v) is 5.17. The molecular formula is C12H13BrClNOS. The van der Waals surface area contributed by atoms with Crippen LogP contribution in [-0.2, 0) is 0 Å². The summed E-state index contributed by atoms with van der Waals surface area (Å²) >= 11 is 11.2. The third-order valence-electron chi connectivity index (χ3n) is 2.63. The highest BCUT2D eigenvalue weighted by molar-refractivity contribution is 9.11. The van der Waals surface area contributed by atoms with Crippen molar-refractivity contribution in [3.63, 3.8) is 0 Å². The standard InChI is InChI=1S/C12H13BrClNOS/c1-6-4-8(7(2)16-6)11(15-3)10-5-9(14)12(13)17-10/h4-5,11,15H,1-3H3. The average molecular weight is 335 g/mol. The van der Waals surface area contributed by atoms with Gasteiger partial charge in [0.15, 0.2) is 0 Å². The normalized spacial score (nSPS) is 13.0. The summed E-state index contributed by atoms with van der Waals surface area (Å²) < 4.78 is 6.54. The molecule has 92 valence electrons. The first-order valence-corrected chi connectivity index (χ1v) is 7.20. The van der Waals surface area contributed by atoms with Gasteiger partial charge in [-0.3, -0.25) is 0 Å². The minimum absolute atomic E-state index is 0.126. The topological polar surface area (TPSA) is 25.2 Å². The number of halogens is 2. The fraction of sp³-hybridized carbons (Fsp3) is 0.333. The van der Waals surface area contributed by atoms with Gasteiger partial charge < -0.3 is 9.73 Å². The summed E-state index contributed by atoms with van der Waals surface area (Å²) in [7, 11) is 1.94. The molecule has 2 nitrogen and oxygen atoms in total. The smallest absolute Gasteiger partial charge is 0.106 e. The summed E-state index contributed by atoms with van der Waals surface area (Å²) in [5, 5.41) is 4.05. The zero-order valence-electron chi connectivity index (χ0n) is 9.80. The van der Waals surface area contributed by atoms with Crippen LogP contribution in [0.2, 0.25) is 5.02 Å². The van der Waals surface area contributed by atoms with Crippen LogP contribution in [0.4, 0.5) is 0 Å². The Hall–Kier alpha value is -0.290. The van der Waals surface area contributed by atoms with Crippen molar-refractivity contribution in [2.75, 3.05) is 7.05 Å². The molecule has 2 heterocycles. The molecule has 2 aromatic heterocycles. The van der Waals surface area contributed by atoms with Crippen LogP contribution in [0.5, 0.6) is 0 Å². The van der Waals surface area contributed by atoms with Gasteiger partial charge in [0, 0.05) is 10.4 Å². The Bertz CT molecular complexity index is 515. The van der Waals surface area contributed by atoms with E-state index in [4.69, 9.17) is 16.0 Å². The number of thiophene rings is 1. The molecule has 0 aliphatic heterocycles. The fourth-order valence-corrected chi connectivity index (χ4v) is 3.77. The van der Waals surface area contributed by atoms with E-state index in [1.54, 1.807) is 11.3 Å². The van der Waals surface area contributed by atoms with Crippen LogP contribution in [0, 0.1) is 13.8 Å². The first-order chi connectivity index (χ1) is 8.02. The van der Waals surface area contributed by atoms with Gasteiger partial charge in [0.05, 0.1) is 14.9 Å².